The van der Waals surface area contributed by atoms with Crippen LogP contribution in [0.2, 0.25) is 0 Å². The first-order valence-corrected chi connectivity index (χ1v) is 3.88. The second-order valence-electron chi connectivity index (χ2n) is 3.09. The van der Waals surface area contributed by atoms with Gasteiger partial charge >= 0.3 is 0 Å². The molecule has 1 rings (SSSR count). The standard InChI is InChI=1S/C7H14O5/c1-3(8)7-6(11)5(10)4(9)2-12-7/h3-11H,2H2,1H3/t3?,4-,5+,6-,7+/m1/s1. The lowest BCUT2D eigenvalue weighted by atomic mass is 9.97. The van der Waals surface area contributed by atoms with Gasteiger partial charge in [-0.3, -0.25) is 0 Å². The summed E-state index contributed by atoms with van der Waals surface area (Å²) in [6.45, 7) is 1.39. The van der Waals surface area contributed by atoms with Crippen molar-refractivity contribution >= 4 is 0 Å². The summed E-state index contributed by atoms with van der Waals surface area (Å²) in [5.41, 5.74) is 0. The van der Waals surface area contributed by atoms with E-state index in [0.29, 0.717) is 0 Å². The summed E-state index contributed by atoms with van der Waals surface area (Å²) in [5.74, 6) is 0. The first-order valence-electron chi connectivity index (χ1n) is 3.88. The summed E-state index contributed by atoms with van der Waals surface area (Å²) in [6.07, 6.45) is -5.22. The van der Waals surface area contributed by atoms with E-state index in [9.17, 15) is 10.2 Å². The molecule has 0 amide bonds. The summed E-state index contributed by atoms with van der Waals surface area (Å²) in [4.78, 5) is 0. The van der Waals surface area contributed by atoms with Gasteiger partial charge in [-0.1, -0.05) is 0 Å². The van der Waals surface area contributed by atoms with Gasteiger partial charge in [0.2, 0.25) is 0 Å². The van der Waals surface area contributed by atoms with E-state index < -0.39 is 30.5 Å². The van der Waals surface area contributed by atoms with Gasteiger partial charge in [-0.15, -0.1) is 0 Å². The van der Waals surface area contributed by atoms with Crippen LogP contribution in [0.25, 0.3) is 0 Å². The van der Waals surface area contributed by atoms with E-state index in [-0.39, 0.29) is 6.61 Å². The van der Waals surface area contributed by atoms with Crippen LogP contribution < -0.4 is 0 Å². The Morgan fingerprint density at radius 3 is 2.33 bits per heavy atom. The van der Waals surface area contributed by atoms with Gasteiger partial charge in [0, 0.05) is 0 Å². The van der Waals surface area contributed by atoms with Crippen LogP contribution in [-0.4, -0.2) is 57.6 Å². The molecule has 1 heterocycles. The molecule has 5 heteroatoms. The number of hydrogen-bond donors (Lipinski definition) is 4. The summed E-state index contributed by atoms with van der Waals surface area (Å²) in [7, 11) is 0. The summed E-state index contributed by atoms with van der Waals surface area (Å²) < 4.78 is 4.92. The van der Waals surface area contributed by atoms with Gasteiger partial charge in [-0.25, -0.2) is 0 Å². The van der Waals surface area contributed by atoms with Crippen LogP contribution in [0.1, 0.15) is 6.92 Å². The number of ether oxygens (including phenoxy) is 1. The van der Waals surface area contributed by atoms with Crippen molar-refractivity contribution in [2.75, 3.05) is 6.61 Å². The molecule has 5 nitrogen and oxygen atoms in total. The molecule has 0 bridgehead atoms. The Morgan fingerprint density at radius 2 is 1.83 bits per heavy atom. The number of hydrogen-bond acceptors (Lipinski definition) is 5. The quantitative estimate of drug-likeness (QED) is 0.367. The summed E-state index contributed by atoms with van der Waals surface area (Å²) in [6, 6.07) is 0. The van der Waals surface area contributed by atoms with E-state index in [1.807, 2.05) is 0 Å². The monoisotopic (exact) mass is 178 g/mol. The van der Waals surface area contributed by atoms with Crippen molar-refractivity contribution in [3.05, 3.63) is 0 Å². The molecule has 0 aromatic carbocycles. The molecule has 72 valence electrons. The van der Waals surface area contributed by atoms with Gasteiger partial charge < -0.3 is 25.2 Å². The predicted molar refractivity (Wildman–Crippen MR) is 39.4 cm³/mol. The molecular weight excluding hydrogens is 164 g/mol. The Kier molecular flexibility index (Phi) is 3.03. The topological polar surface area (TPSA) is 90.2 Å². The first kappa shape index (κ1) is 9.88. The Balaban J connectivity index is 2.58. The number of aliphatic hydroxyl groups excluding tert-OH is 4. The van der Waals surface area contributed by atoms with Crippen LogP contribution in [0.3, 0.4) is 0 Å². The third kappa shape index (κ3) is 1.75. The van der Waals surface area contributed by atoms with Gasteiger partial charge in [-0.05, 0) is 6.92 Å². The minimum absolute atomic E-state index is 0.0617. The highest BCUT2D eigenvalue weighted by molar-refractivity contribution is 4.88. The zero-order chi connectivity index (χ0) is 9.30. The molecule has 12 heavy (non-hydrogen) atoms. The van der Waals surface area contributed by atoms with E-state index in [1.54, 1.807) is 0 Å². The van der Waals surface area contributed by atoms with Crippen LogP contribution in [0, 0.1) is 0 Å². The van der Waals surface area contributed by atoms with Crippen molar-refractivity contribution in [3.8, 4) is 0 Å². The zero-order valence-corrected chi connectivity index (χ0v) is 6.79. The van der Waals surface area contributed by atoms with Crippen molar-refractivity contribution < 1.29 is 25.2 Å². The lowest BCUT2D eigenvalue weighted by Crippen LogP contribution is -2.56. The van der Waals surface area contributed by atoms with E-state index in [4.69, 9.17) is 14.9 Å². The third-order valence-electron chi connectivity index (χ3n) is 2.02. The van der Waals surface area contributed by atoms with Crippen molar-refractivity contribution in [2.24, 2.45) is 0 Å². The minimum Gasteiger partial charge on any atom is -0.391 e. The second-order valence-corrected chi connectivity index (χ2v) is 3.09. The molecule has 0 radical (unpaired) electrons. The fraction of sp³-hybridized carbons (Fsp3) is 1.00. The Bertz CT molecular complexity index is 149. The number of aliphatic hydroxyl groups is 4. The summed E-state index contributed by atoms with van der Waals surface area (Å²) in [5, 5.41) is 36.6. The maximum absolute atomic E-state index is 9.28. The molecule has 0 aromatic rings. The Morgan fingerprint density at radius 1 is 1.25 bits per heavy atom. The van der Waals surface area contributed by atoms with Crippen molar-refractivity contribution in [1.29, 1.82) is 0 Å². The van der Waals surface area contributed by atoms with Gasteiger partial charge in [0.05, 0.1) is 12.7 Å². The molecule has 1 fully saturated rings. The van der Waals surface area contributed by atoms with Gasteiger partial charge in [0.25, 0.3) is 0 Å². The average molecular weight is 178 g/mol. The van der Waals surface area contributed by atoms with Crippen LogP contribution in [0.4, 0.5) is 0 Å². The van der Waals surface area contributed by atoms with Crippen LogP contribution in [0.5, 0.6) is 0 Å². The smallest absolute Gasteiger partial charge is 0.112 e. The Labute approximate surface area is 70.2 Å². The van der Waals surface area contributed by atoms with Gasteiger partial charge in [0.1, 0.15) is 24.4 Å². The first-order chi connectivity index (χ1) is 5.54. The maximum Gasteiger partial charge on any atom is 0.112 e. The molecule has 5 atom stereocenters. The van der Waals surface area contributed by atoms with Crippen molar-refractivity contribution in [1.82, 2.24) is 0 Å². The third-order valence-corrected chi connectivity index (χ3v) is 2.02. The van der Waals surface area contributed by atoms with Crippen molar-refractivity contribution in [2.45, 2.75) is 37.4 Å². The second kappa shape index (κ2) is 3.68. The summed E-state index contributed by atoms with van der Waals surface area (Å²) >= 11 is 0. The maximum atomic E-state index is 9.28. The predicted octanol–water partition coefficient (Wildman–Crippen LogP) is -2.15. The largest absolute Gasteiger partial charge is 0.391 e. The van der Waals surface area contributed by atoms with Gasteiger partial charge in [-0.2, -0.15) is 0 Å². The van der Waals surface area contributed by atoms with Gasteiger partial charge in [0.15, 0.2) is 0 Å². The van der Waals surface area contributed by atoms with Crippen LogP contribution in [-0.2, 0) is 4.74 Å². The average Bonchev–Trinajstić information content (AvgIpc) is 2.00. The highest BCUT2D eigenvalue weighted by atomic mass is 16.5. The molecule has 0 aromatic heterocycles. The van der Waals surface area contributed by atoms with Crippen LogP contribution >= 0.6 is 0 Å². The number of rotatable bonds is 1. The van der Waals surface area contributed by atoms with E-state index in [1.165, 1.54) is 6.92 Å². The highest BCUT2D eigenvalue weighted by Gasteiger charge is 2.39. The molecule has 1 aliphatic heterocycles. The highest BCUT2D eigenvalue weighted by Crippen LogP contribution is 2.17. The van der Waals surface area contributed by atoms with E-state index >= 15 is 0 Å². The Hall–Kier alpha value is -0.200. The lowest BCUT2D eigenvalue weighted by molar-refractivity contribution is -0.208. The van der Waals surface area contributed by atoms with E-state index in [0.717, 1.165) is 0 Å². The minimum atomic E-state index is -1.24. The lowest BCUT2D eigenvalue weighted by Gasteiger charge is -2.36. The normalized spacial score (nSPS) is 45.8. The molecule has 0 aliphatic carbocycles. The van der Waals surface area contributed by atoms with Crippen molar-refractivity contribution in [3.63, 3.8) is 0 Å². The fourth-order valence-electron chi connectivity index (χ4n) is 1.25. The van der Waals surface area contributed by atoms with E-state index in [2.05, 4.69) is 0 Å². The molecule has 1 unspecified atom stereocenters. The molecule has 0 saturated carbocycles. The molecule has 1 aliphatic rings. The molecular formula is C7H14O5. The molecule has 0 spiro atoms. The zero-order valence-electron chi connectivity index (χ0n) is 6.79. The fourth-order valence-corrected chi connectivity index (χ4v) is 1.25. The molecule has 4 N–H and O–H groups in total. The molecule has 1 saturated heterocycles. The SMILES string of the molecule is CC(O)[C@@H]1OC[C@@H](O)[C@H](O)[C@H]1O. The van der Waals surface area contributed by atoms with Crippen LogP contribution in [0.15, 0.2) is 0 Å².